The highest BCUT2D eigenvalue weighted by Crippen LogP contribution is 2.26. The zero-order valence-corrected chi connectivity index (χ0v) is 17.1. The van der Waals surface area contributed by atoms with Crippen LogP contribution >= 0.6 is 0 Å². The predicted molar refractivity (Wildman–Crippen MR) is 115 cm³/mol. The Morgan fingerprint density at radius 1 is 1.13 bits per heavy atom. The molecule has 2 aromatic heterocycles. The lowest BCUT2D eigenvalue weighted by Gasteiger charge is -2.26. The van der Waals surface area contributed by atoms with Gasteiger partial charge in [-0.05, 0) is 37.1 Å². The number of hydrogen-bond donors (Lipinski definition) is 0. The normalized spacial score (nSPS) is 14.2. The summed E-state index contributed by atoms with van der Waals surface area (Å²) in [5.74, 6) is 0.0953. The van der Waals surface area contributed by atoms with E-state index >= 15 is 0 Å². The maximum Gasteiger partial charge on any atom is 0.255 e. The number of aryl methyl sites for hydroxylation is 1. The van der Waals surface area contributed by atoms with Crippen molar-refractivity contribution in [1.82, 2.24) is 19.4 Å². The van der Waals surface area contributed by atoms with Crippen LogP contribution in [0, 0.1) is 12.7 Å². The van der Waals surface area contributed by atoms with Crippen molar-refractivity contribution in [3.8, 4) is 17.1 Å². The minimum Gasteiger partial charge on any atom is -0.361 e. The molecule has 0 bridgehead atoms. The maximum absolute atomic E-state index is 14.1. The lowest BCUT2D eigenvalue weighted by molar-refractivity contribution is -0.00570. The van der Waals surface area contributed by atoms with Gasteiger partial charge in [0, 0.05) is 47.2 Å². The van der Waals surface area contributed by atoms with Gasteiger partial charge in [-0.25, -0.2) is 14.4 Å². The molecule has 0 saturated carbocycles. The van der Waals surface area contributed by atoms with Crippen molar-refractivity contribution in [2.75, 3.05) is 19.9 Å². The summed E-state index contributed by atoms with van der Waals surface area (Å²) in [6.45, 7) is 3.70. The highest BCUT2D eigenvalue weighted by atomic mass is 19.1. The van der Waals surface area contributed by atoms with E-state index in [2.05, 4.69) is 9.97 Å². The molecule has 1 aliphatic rings. The van der Waals surface area contributed by atoms with Crippen LogP contribution in [0.15, 0.2) is 61.1 Å². The molecule has 156 valence electrons. The third-order valence-electron chi connectivity index (χ3n) is 5.54. The van der Waals surface area contributed by atoms with E-state index in [4.69, 9.17) is 4.74 Å². The van der Waals surface area contributed by atoms with Gasteiger partial charge in [0.05, 0.1) is 12.1 Å². The first-order valence-electron chi connectivity index (χ1n) is 10.2. The molecule has 1 amide bonds. The van der Waals surface area contributed by atoms with E-state index in [0.717, 1.165) is 22.9 Å². The summed E-state index contributed by atoms with van der Waals surface area (Å²) >= 11 is 0. The van der Waals surface area contributed by atoms with Gasteiger partial charge < -0.3 is 9.64 Å². The van der Waals surface area contributed by atoms with Crippen molar-refractivity contribution in [3.63, 3.8) is 0 Å². The molecule has 5 rings (SSSR count). The van der Waals surface area contributed by atoms with E-state index in [9.17, 15) is 9.18 Å². The monoisotopic (exact) mass is 416 g/mol. The van der Waals surface area contributed by atoms with E-state index in [1.807, 2.05) is 35.9 Å². The van der Waals surface area contributed by atoms with Gasteiger partial charge in [0.2, 0.25) is 5.95 Å². The molecule has 6 nitrogen and oxygen atoms in total. The number of ether oxygens (including phenoxy) is 1. The summed E-state index contributed by atoms with van der Waals surface area (Å²) in [6, 6.07) is 12.2. The fourth-order valence-corrected chi connectivity index (χ4v) is 3.92. The van der Waals surface area contributed by atoms with E-state index in [1.165, 1.54) is 6.07 Å². The summed E-state index contributed by atoms with van der Waals surface area (Å²) in [5, 5.41) is 1.02. The largest absolute Gasteiger partial charge is 0.361 e. The first-order valence-corrected chi connectivity index (χ1v) is 10.2. The van der Waals surface area contributed by atoms with Crippen LogP contribution in [0.2, 0.25) is 0 Å². The van der Waals surface area contributed by atoms with Crippen LogP contribution in [0.1, 0.15) is 22.3 Å². The molecular formula is C24H21FN4O2. The number of rotatable bonds is 3. The van der Waals surface area contributed by atoms with Gasteiger partial charge in [0.25, 0.3) is 5.91 Å². The van der Waals surface area contributed by atoms with Crippen molar-refractivity contribution in [2.45, 2.75) is 13.3 Å². The molecule has 1 fully saturated rings. The van der Waals surface area contributed by atoms with E-state index in [1.54, 1.807) is 35.5 Å². The van der Waals surface area contributed by atoms with E-state index < -0.39 is 0 Å². The standard InChI is InChI=1S/C24H21FN4O2/c1-16-14-29(24-26-12-18(13-27-24)20-5-2-3-6-21(20)25)22-11-17(7-8-19(16)22)23(30)28-9-4-10-31-15-28/h2-3,5-8,11-14H,4,9-10,15H2,1H3. The fraction of sp³-hybridized carbons (Fsp3) is 0.208. The SMILES string of the molecule is Cc1cn(-c2ncc(-c3ccccc3F)cn2)c2cc(C(=O)N3CCCOC3)ccc12. The van der Waals surface area contributed by atoms with Crippen molar-refractivity contribution in [3.05, 3.63) is 78.0 Å². The lowest BCUT2D eigenvalue weighted by Crippen LogP contribution is -2.38. The lowest BCUT2D eigenvalue weighted by atomic mass is 10.1. The average Bonchev–Trinajstić information content (AvgIpc) is 3.15. The van der Waals surface area contributed by atoms with Crippen molar-refractivity contribution < 1.29 is 13.9 Å². The van der Waals surface area contributed by atoms with Crippen LogP contribution < -0.4 is 0 Å². The van der Waals surface area contributed by atoms with Crippen LogP contribution in [0.3, 0.4) is 0 Å². The molecule has 4 aromatic rings. The smallest absolute Gasteiger partial charge is 0.255 e. The third-order valence-corrected chi connectivity index (χ3v) is 5.54. The Hall–Kier alpha value is -3.58. The van der Waals surface area contributed by atoms with Gasteiger partial charge in [-0.2, -0.15) is 0 Å². The van der Waals surface area contributed by atoms with Gasteiger partial charge in [-0.15, -0.1) is 0 Å². The quantitative estimate of drug-likeness (QED) is 0.498. The number of amides is 1. The number of hydrogen-bond acceptors (Lipinski definition) is 4. The molecule has 7 heteroatoms. The van der Waals surface area contributed by atoms with Gasteiger partial charge in [-0.1, -0.05) is 24.3 Å². The highest BCUT2D eigenvalue weighted by Gasteiger charge is 2.20. The van der Waals surface area contributed by atoms with Gasteiger partial charge in [-0.3, -0.25) is 9.36 Å². The molecule has 2 aromatic carbocycles. The minimum atomic E-state index is -0.314. The minimum absolute atomic E-state index is 0.0529. The molecular weight excluding hydrogens is 395 g/mol. The molecule has 31 heavy (non-hydrogen) atoms. The van der Waals surface area contributed by atoms with Crippen LogP contribution in [0.25, 0.3) is 28.0 Å². The number of aromatic nitrogens is 3. The Bertz CT molecular complexity index is 1260. The number of fused-ring (bicyclic) bond motifs is 1. The summed E-state index contributed by atoms with van der Waals surface area (Å²) in [4.78, 5) is 23.5. The van der Waals surface area contributed by atoms with Crippen molar-refractivity contribution >= 4 is 16.8 Å². The summed E-state index contributed by atoms with van der Waals surface area (Å²) in [7, 11) is 0. The summed E-state index contributed by atoms with van der Waals surface area (Å²) < 4.78 is 21.4. The van der Waals surface area contributed by atoms with Crippen LogP contribution in [0.4, 0.5) is 4.39 Å². The van der Waals surface area contributed by atoms with Gasteiger partial charge >= 0.3 is 0 Å². The molecule has 0 N–H and O–H groups in total. The third kappa shape index (κ3) is 3.57. The van der Waals surface area contributed by atoms with Gasteiger partial charge in [0.15, 0.2) is 0 Å². The molecule has 0 atom stereocenters. The predicted octanol–water partition coefficient (Wildman–Crippen LogP) is 4.36. The average molecular weight is 416 g/mol. The zero-order valence-electron chi connectivity index (χ0n) is 17.1. The molecule has 1 aliphatic heterocycles. The first-order chi connectivity index (χ1) is 15.1. The Kier molecular flexibility index (Phi) is 4.95. The molecule has 3 heterocycles. The molecule has 0 spiro atoms. The summed E-state index contributed by atoms with van der Waals surface area (Å²) in [6.07, 6.45) is 6.01. The fourth-order valence-electron chi connectivity index (χ4n) is 3.92. The van der Waals surface area contributed by atoms with Crippen molar-refractivity contribution in [1.29, 1.82) is 0 Å². The number of benzene rings is 2. The van der Waals surface area contributed by atoms with Gasteiger partial charge in [0.1, 0.15) is 12.5 Å². The Morgan fingerprint density at radius 2 is 1.94 bits per heavy atom. The first kappa shape index (κ1) is 19.4. The summed E-state index contributed by atoms with van der Waals surface area (Å²) in [5.41, 5.74) is 3.56. The highest BCUT2D eigenvalue weighted by molar-refractivity contribution is 5.99. The number of nitrogens with zero attached hydrogens (tertiary/aromatic N) is 4. The molecule has 1 saturated heterocycles. The second kappa shape index (κ2) is 7.92. The van der Waals surface area contributed by atoms with Crippen molar-refractivity contribution in [2.24, 2.45) is 0 Å². The number of carbonyl (C=O) groups is 1. The molecule has 0 radical (unpaired) electrons. The Morgan fingerprint density at radius 3 is 2.68 bits per heavy atom. The van der Waals surface area contributed by atoms with E-state index in [0.29, 0.717) is 42.5 Å². The van der Waals surface area contributed by atoms with Crippen LogP contribution in [0.5, 0.6) is 0 Å². The topological polar surface area (TPSA) is 60.2 Å². The number of carbonyl (C=O) groups excluding carboxylic acids is 1. The molecule has 0 aliphatic carbocycles. The second-order valence-corrected chi connectivity index (χ2v) is 7.63. The Labute approximate surface area is 178 Å². The van der Waals surface area contributed by atoms with E-state index in [-0.39, 0.29) is 11.7 Å². The zero-order chi connectivity index (χ0) is 21.4. The Balaban J connectivity index is 1.52. The number of halogens is 1. The molecule has 0 unspecified atom stereocenters. The second-order valence-electron chi connectivity index (χ2n) is 7.63. The maximum atomic E-state index is 14.1. The van der Waals surface area contributed by atoms with Crippen LogP contribution in [-0.4, -0.2) is 45.2 Å². The van der Waals surface area contributed by atoms with Crippen LogP contribution in [-0.2, 0) is 4.74 Å².